The van der Waals surface area contributed by atoms with Gasteiger partial charge in [-0.1, -0.05) is 43.5 Å². The van der Waals surface area contributed by atoms with Crippen LogP contribution in [0.3, 0.4) is 0 Å². The fourth-order valence-corrected chi connectivity index (χ4v) is 3.09. The second-order valence-corrected chi connectivity index (χ2v) is 5.93. The van der Waals surface area contributed by atoms with Gasteiger partial charge in [0.2, 0.25) is 0 Å². The van der Waals surface area contributed by atoms with Crippen molar-refractivity contribution in [3.05, 3.63) is 34.3 Å². The van der Waals surface area contributed by atoms with Crippen LogP contribution in [0.1, 0.15) is 43.7 Å². The number of hydrogen-bond acceptors (Lipinski definition) is 1. The highest BCUT2D eigenvalue weighted by Crippen LogP contribution is 2.37. The molecule has 1 nitrogen and oxygen atoms in total. The summed E-state index contributed by atoms with van der Waals surface area (Å²) in [6.45, 7) is 4.19. The minimum atomic E-state index is -0.558. The zero-order chi connectivity index (χ0) is 12.5. The topological polar surface area (TPSA) is 20.2 Å². The van der Waals surface area contributed by atoms with Gasteiger partial charge in [0, 0.05) is 11.4 Å². The summed E-state index contributed by atoms with van der Waals surface area (Å²) in [4.78, 5) is 0. The summed E-state index contributed by atoms with van der Waals surface area (Å²) in [7, 11) is 0. The Labute approximate surface area is 109 Å². The lowest BCUT2D eigenvalue weighted by atomic mass is 9.73. The largest absolute Gasteiger partial charge is 0.389 e. The van der Waals surface area contributed by atoms with E-state index in [1.807, 2.05) is 13.0 Å². The van der Waals surface area contributed by atoms with E-state index in [-0.39, 0.29) is 0 Å². The molecule has 0 heterocycles. The number of halogens is 1. The van der Waals surface area contributed by atoms with Crippen molar-refractivity contribution in [3.63, 3.8) is 0 Å². The first-order valence-electron chi connectivity index (χ1n) is 6.49. The molecule has 0 amide bonds. The standard InChI is InChI=1S/C15H21ClO/c1-11-6-7-13(14(16)9-11)10-15(17)8-4-3-5-12(15)2/h6-7,9,12,17H,3-5,8,10H2,1-2H3. The van der Waals surface area contributed by atoms with Gasteiger partial charge in [-0.15, -0.1) is 0 Å². The van der Waals surface area contributed by atoms with Gasteiger partial charge in [0.25, 0.3) is 0 Å². The average molecular weight is 253 g/mol. The SMILES string of the molecule is Cc1ccc(CC2(O)CCCCC2C)c(Cl)c1. The van der Waals surface area contributed by atoms with Gasteiger partial charge in [0.1, 0.15) is 0 Å². The molecule has 1 saturated carbocycles. The molecule has 1 N–H and O–H groups in total. The van der Waals surface area contributed by atoms with Crippen LogP contribution >= 0.6 is 11.6 Å². The van der Waals surface area contributed by atoms with E-state index in [0.717, 1.165) is 29.8 Å². The maximum atomic E-state index is 10.7. The zero-order valence-electron chi connectivity index (χ0n) is 10.7. The van der Waals surface area contributed by atoms with Crippen LogP contribution in [-0.2, 0) is 6.42 Å². The highest BCUT2D eigenvalue weighted by Gasteiger charge is 2.36. The number of benzene rings is 1. The fourth-order valence-electron chi connectivity index (χ4n) is 2.78. The first kappa shape index (κ1) is 12.9. The van der Waals surface area contributed by atoms with E-state index >= 15 is 0 Å². The predicted molar refractivity (Wildman–Crippen MR) is 72.5 cm³/mol. The van der Waals surface area contributed by atoms with Crippen molar-refractivity contribution in [2.75, 3.05) is 0 Å². The predicted octanol–water partition coefficient (Wildman–Crippen LogP) is 4.13. The molecular formula is C15H21ClO. The van der Waals surface area contributed by atoms with Crippen LogP contribution in [0.4, 0.5) is 0 Å². The van der Waals surface area contributed by atoms with Crippen LogP contribution in [0.5, 0.6) is 0 Å². The number of aliphatic hydroxyl groups is 1. The summed E-state index contributed by atoms with van der Waals surface area (Å²) < 4.78 is 0. The molecule has 1 aromatic carbocycles. The number of aryl methyl sites for hydroxylation is 1. The molecule has 1 aliphatic rings. The summed E-state index contributed by atoms with van der Waals surface area (Å²) in [6, 6.07) is 6.10. The molecule has 1 aliphatic carbocycles. The van der Waals surface area contributed by atoms with Crippen molar-refractivity contribution in [3.8, 4) is 0 Å². The Bertz CT molecular complexity index is 402. The van der Waals surface area contributed by atoms with E-state index < -0.39 is 5.60 Å². The van der Waals surface area contributed by atoms with Gasteiger partial charge in [0.05, 0.1) is 5.60 Å². The molecule has 0 saturated heterocycles. The summed E-state index contributed by atoms with van der Waals surface area (Å²) >= 11 is 6.25. The van der Waals surface area contributed by atoms with Crippen LogP contribution in [-0.4, -0.2) is 10.7 Å². The minimum absolute atomic E-state index is 0.369. The molecule has 94 valence electrons. The molecule has 0 aliphatic heterocycles. The van der Waals surface area contributed by atoms with Gasteiger partial charge in [-0.2, -0.15) is 0 Å². The van der Waals surface area contributed by atoms with E-state index in [1.54, 1.807) is 0 Å². The number of hydrogen-bond donors (Lipinski definition) is 1. The van der Waals surface area contributed by atoms with Crippen molar-refractivity contribution in [2.45, 2.75) is 51.6 Å². The fraction of sp³-hybridized carbons (Fsp3) is 0.600. The molecule has 2 rings (SSSR count). The Hall–Kier alpha value is -0.530. The third-order valence-electron chi connectivity index (χ3n) is 4.12. The maximum absolute atomic E-state index is 10.7. The van der Waals surface area contributed by atoms with E-state index in [4.69, 9.17) is 11.6 Å². The Balaban J connectivity index is 2.19. The van der Waals surface area contributed by atoms with E-state index in [0.29, 0.717) is 12.3 Å². The molecule has 2 atom stereocenters. The molecule has 1 fully saturated rings. The number of rotatable bonds is 2. The van der Waals surface area contributed by atoms with Crippen LogP contribution < -0.4 is 0 Å². The lowest BCUT2D eigenvalue weighted by molar-refractivity contribution is -0.0405. The first-order valence-corrected chi connectivity index (χ1v) is 6.86. The second kappa shape index (κ2) is 4.99. The van der Waals surface area contributed by atoms with Crippen molar-refractivity contribution in [2.24, 2.45) is 5.92 Å². The molecule has 0 radical (unpaired) electrons. The van der Waals surface area contributed by atoms with Crippen molar-refractivity contribution in [1.82, 2.24) is 0 Å². The monoisotopic (exact) mass is 252 g/mol. The normalized spacial score (nSPS) is 29.3. The van der Waals surface area contributed by atoms with E-state index in [1.165, 1.54) is 12.0 Å². The van der Waals surface area contributed by atoms with Crippen LogP contribution in [0.25, 0.3) is 0 Å². The molecule has 17 heavy (non-hydrogen) atoms. The average Bonchev–Trinajstić information content (AvgIpc) is 2.27. The van der Waals surface area contributed by atoms with Gasteiger partial charge in [-0.05, 0) is 42.9 Å². The van der Waals surface area contributed by atoms with E-state index in [9.17, 15) is 5.11 Å². The summed E-state index contributed by atoms with van der Waals surface area (Å²) in [5, 5.41) is 11.5. The summed E-state index contributed by atoms with van der Waals surface area (Å²) in [6.07, 6.45) is 5.08. The Morgan fingerprint density at radius 3 is 2.82 bits per heavy atom. The van der Waals surface area contributed by atoms with Gasteiger partial charge in [-0.3, -0.25) is 0 Å². The third kappa shape index (κ3) is 2.83. The van der Waals surface area contributed by atoms with Crippen molar-refractivity contribution in [1.29, 1.82) is 0 Å². The van der Waals surface area contributed by atoms with Crippen LogP contribution in [0, 0.1) is 12.8 Å². The molecular weight excluding hydrogens is 232 g/mol. The van der Waals surface area contributed by atoms with Crippen LogP contribution in [0.15, 0.2) is 18.2 Å². The van der Waals surface area contributed by atoms with E-state index in [2.05, 4.69) is 19.1 Å². The lowest BCUT2D eigenvalue weighted by Gasteiger charge is -2.38. The molecule has 2 heteroatoms. The third-order valence-corrected chi connectivity index (χ3v) is 4.47. The Morgan fingerprint density at radius 2 is 2.18 bits per heavy atom. The minimum Gasteiger partial charge on any atom is -0.389 e. The molecule has 2 unspecified atom stereocenters. The Morgan fingerprint density at radius 1 is 1.41 bits per heavy atom. The maximum Gasteiger partial charge on any atom is 0.0713 e. The molecule has 0 bridgehead atoms. The highest BCUT2D eigenvalue weighted by molar-refractivity contribution is 6.31. The summed E-state index contributed by atoms with van der Waals surface area (Å²) in [5.41, 5.74) is 1.69. The smallest absolute Gasteiger partial charge is 0.0713 e. The van der Waals surface area contributed by atoms with Crippen molar-refractivity contribution >= 4 is 11.6 Å². The Kier molecular flexibility index (Phi) is 3.79. The first-order chi connectivity index (χ1) is 8.01. The summed E-state index contributed by atoms with van der Waals surface area (Å²) in [5.74, 6) is 0.369. The quantitative estimate of drug-likeness (QED) is 0.839. The second-order valence-electron chi connectivity index (χ2n) is 5.52. The zero-order valence-corrected chi connectivity index (χ0v) is 11.4. The molecule has 0 aromatic heterocycles. The van der Waals surface area contributed by atoms with Gasteiger partial charge in [0.15, 0.2) is 0 Å². The van der Waals surface area contributed by atoms with Gasteiger partial charge in [-0.25, -0.2) is 0 Å². The van der Waals surface area contributed by atoms with Gasteiger partial charge >= 0.3 is 0 Å². The van der Waals surface area contributed by atoms with Gasteiger partial charge < -0.3 is 5.11 Å². The molecule has 1 aromatic rings. The van der Waals surface area contributed by atoms with Crippen molar-refractivity contribution < 1.29 is 5.11 Å². The lowest BCUT2D eigenvalue weighted by Crippen LogP contribution is -2.41. The molecule has 0 spiro atoms. The van der Waals surface area contributed by atoms with Crippen LogP contribution in [0.2, 0.25) is 5.02 Å². The highest BCUT2D eigenvalue weighted by atomic mass is 35.5.